The second-order valence-corrected chi connectivity index (χ2v) is 6.24. The highest BCUT2D eigenvalue weighted by molar-refractivity contribution is 7.90. The van der Waals surface area contributed by atoms with E-state index >= 15 is 0 Å². The largest absolute Gasteiger partial charge is 0.397 e. The summed E-state index contributed by atoms with van der Waals surface area (Å²) in [7, 11) is -3.27. The summed E-state index contributed by atoms with van der Waals surface area (Å²) in [6.07, 6.45) is 1.99. The highest BCUT2D eigenvalue weighted by atomic mass is 32.2. The molecule has 0 radical (unpaired) electrons. The maximum atomic E-state index is 11.4. The third-order valence-electron chi connectivity index (χ3n) is 2.46. The average Bonchev–Trinajstić information content (AvgIpc) is 2.33. The molecule has 0 aliphatic carbocycles. The van der Waals surface area contributed by atoms with Gasteiger partial charge in [0.15, 0.2) is 9.84 Å². The van der Waals surface area contributed by atoms with Crippen LogP contribution in [-0.4, -0.2) is 33.7 Å². The van der Waals surface area contributed by atoms with Gasteiger partial charge in [0.05, 0.1) is 22.8 Å². The predicted molar refractivity (Wildman–Crippen MR) is 75.8 cm³/mol. The van der Waals surface area contributed by atoms with Gasteiger partial charge in [-0.25, -0.2) is 8.42 Å². The molecular formula is C12H19N3O3S. The fourth-order valence-corrected chi connectivity index (χ4v) is 2.09. The molecule has 0 unspecified atom stereocenters. The highest BCUT2D eigenvalue weighted by Gasteiger charge is 2.09. The van der Waals surface area contributed by atoms with Crippen molar-refractivity contribution in [1.82, 2.24) is 5.32 Å². The number of nitrogen functional groups attached to an aromatic ring is 1. The molecule has 1 aromatic carbocycles. The smallest absolute Gasteiger partial charge is 0.239 e. The van der Waals surface area contributed by atoms with E-state index < -0.39 is 9.84 Å². The molecule has 106 valence electrons. The molecule has 0 saturated carbocycles. The van der Waals surface area contributed by atoms with Crippen molar-refractivity contribution in [2.75, 3.05) is 30.4 Å². The lowest BCUT2D eigenvalue weighted by Crippen LogP contribution is -2.30. The van der Waals surface area contributed by atoms with Gasteiger partial charge in [-0.2, -0.15) is 0 Å². The van der Waals surface area contributed by atoms with E-state index in [0.29, 0.717) is 17.9 Å². The van der Waals surface area contributed by atoms with Crippen LogP contribution in [0, 0.1) is 0 Å². The Morgan fingerprint density at radius 1 is 1.37 bits per heavy atom. The molecule has 0 saturated heterocycles. The molecule has 0 aliphatic heterocycles. The third-order valence-corrected chi connectivity index (χ3v) is 3.57. The minimum absolute atomic E-state index is 0.0996. The lowest BCUT2D eigenvalue weighted by Gasteiger charge is -2.10. The average molecular weight is 285 g/mol. The van der Waals surface area contributed by atoms with Crippen molar-refractivity contribution >= 4 is 27.1 Å². The van der Waals surface area contributed by atoms with Gasteiger partial charge in [0.1, 0.15) is 0 Å². The normalized spacial score (nSPS) is 11.1. The van der Waals surface area contributed by atoms with Crippen LogP contribution in [0.3, 0.4) is 0 Å². The summed E-state index contributed by atoms with van der Waals surface area (Å²) in [5, 5.41) is 5.59. The lowest BCUT2D eigenvalue weighted by molar-refractivity contribution is -0.119. The summed E-state index contributed by atoms with van der Waals surface area (Å²) < 4.78 is 22.7. The number of anilines is 2. The number of hydrogen-bond donors (Lipinski definition) is 3. The Morgan fingerprint density at radius 2 is 2.05 bits per heavy atom. The Hall–Kier alpha value is -1.76. The van der Waals surface area contributed by atoms with Crippen LogP contribution in [0.25, 0.3) is 0 Å². The van der Waals surface area contributed by atoms with Crippen molar-refractivity contribution in [1.29, 1.82) is 0 Å². The van der Waals surface area contributed by atoms with Crippen LogP contribution in [0.4, 0.5) is 11.4 Å². The van der Waals surface area contributed by atoms with Crippen LogP contribution in [0.5, 0.6) is 0 Å². The zero-order valence-electron chi connectivity index (χ0n) is 11.1. The molecule has 0 atom stereocenters. The minimum atomic E-state index is -3.27. The standard InChI is InChI=1S/C12H19N3O3S/c1-3-6-14-12(16)8-15-11-5-4-9(7-10(11)13)19(2,17)18/h4-5,7,15H,3,6,8,13H2,1-2H3,(H,14,16). The van der Waals surface area contributed by atoms with Gasteiger partial charge in [0.25, 0.3) is 0 Å². The molecular weight excluding hydrogens is 266 g/mol. The second-order valence-electron chi connectivity index (χ2n) is 4.22. The first kappa shape index (κ1) is 15.3. The molecule has 0 bridgehead atoms. The van der Waals surface area contributed by atoms with Crippen molar-refractivity contribution < 1.29 is 13.2 Å². The van der Waals surface area contributed by atoms with E-state index in [1.54, 1.807) is 6.07 Å². The van der Waals surface area contributed by atoms with Gasteiger partial charge in [-0.1, -0.05) is 6.92 Å². The molecule has 1 rings (SSSR count). The number of nitrogens with two attached hydrogens (primary N) is 1. The van der Waals surface area contributed by atoms with Crippen molar-refractivity contribution in [3.63, 3.8) is 0 Å². The van der Waals surface area contributed by atoms with Crippen LogP contribution < -0.4 is 16.4 Å². The summed E-state index contributed by atoms with van der Waals surface area (Å²) in [5.41, 5.74) is 6.58. The first-order valence-electron chi connectivity index (χ1n) is 5.94. The number of hydrogen-bond acceptors (Lipinski definition) is 5. The molecule has 6 nitrogen and oxygen atoms in total. The lowest BCUT2D eigenvalue weighted by atomic mass is 10.2. The molecule has 19 heavy (non-hydrogen) atoms. The van der Waals surface area contributed by atoms with Crippen LogP contribution in [-0.2, 0) is 14.6 Å². The number of sulfone groups is 1. The predicted octanol–water partition coefficient (Wildman–Crippen LogP) is 0.610. The van der Waals surface area contributed by atoms with E-state index in [4.69, 9.17) is 5.73 Å². The molecule has 1 aromatic rings. The van der Waals surface area contributed by atoms with Crippen molar-refractivity contribution in [3.05, 3.63) is 18.2 Å². The van der Waals surface area contributed by atoms with Crippen LogP contribution in [0.2, 0.25) is 0 Å². The molecule has 0 aliphatic rings. The quantitative estimate of drug-likeness (QED) is 0.665. The fourth-order valence-electron chi connectivity index (χ4n) is 1.43. The summed E-state index contributed by atoms with van der Waals surface area (Å²) in [5.74, 6) is -0.131. The zero-order valence-corrected chi connectivity index (χ0v) is 11.9. The molecule has 0 spiro atoms. The van der Waals surface area contributed by atoms with Crippen molar-refractivity contribution in [2.24, 2.45) is 0 Å². The maximum Gasteiger partial charge on any atom is 0.239 e. The van der Waals surface area contributed by atoms with E-state index in [2.05, 4.69) is 10.6 Å². The molecule has 0 aromatic heterocycles. The Bertz CT molecular complexity index is 555. The fraction of sp³-hybridized carbons (Fsp3) is 0.417. The van der Waals surface area contributed by atoms with E-state index in [9.17, 15) is 13.2 Å². The second kappa shape index (κ2) is 6.42. The first-order valence-corrected chi connectivity index (χ1v) is 7.84. The van der Waals surface area contributed by atoms with Gasteiger partial charge in [-0.3, -0.25) is 4.79 Å². The molecule has 0 heterocycles. The summed E-state index contributed by atoms with van der Waals surface area (Å²) >= 11 is 0. The zero-order chi connectivity index (χ0) is 14.5. The molecule has 1 amide bonds. The Kier molecular flexibility index (Phi) is 5.17. The first-order chi connectivity index (χ1) is 8.84. The molecule has 0 fully saturated rings. The monoisotopic (exact) mass is 285 g/mol. The number of amides is 1. The van der Waals surface area contributed by atoms with E-state index in [-0.39, 0.29) is 17.3 Å². The van der Waals surface area contributed by atoms with Crippen molar-refractivity contribution in [2.45, 2.75) is 18.2 Å². The third kappa shape index (κ3) is 4.78. The maximum absolute atomic E-state index is 11.4. The molecule has 4 N–H and O–H groups in total. The van der Waals surface area contributed by atoms with Gasteiger partial charge in [-0.15, -0.1) is 0 Å². The number of nitrogens with one attached hydrogen (secondary N) is 2. The topological polar surface area (TPSA) is 101 Å². The van der Waals surface area contributed by atoms with Crippen molar-refractivity contribution in [3.8, 4) is 0 Å². The van der Waals surface area contributed by atoms with Crippen LogP contribution in [0.15, 0.2) is 23.1 Å². The number of benzene rings is 1. The van der Waals surface area contributed by atoms with Gasteiger partial charge in [0.2, 0.25) is 5.91 Å². The van der Waals surface area contributed by atoms with E-state index in [0.717, 1.165) is 12.7 Å². The number of carbonyl (C=O) groups is 1. The van der Waals surface area contributed by atoms with E-state index in [1.165, 1.54) is 12.1 Å². The highest BCUT2D eigenvalue weighted by Crippen LogP contribution is 2.22. The Labute approximate surface area is 113 Å². The van der Waals surface area contributed by atoms with Gasteiger partial charge in [-0.05, 0) is 24.6 Å². The van der Waals surface area contributed by atoms with Crippen LogP contribution in [0.1, 0.15) is 13.3 Å². The summed E-state index contributed by atoms with van der Waals surface area (Å²) in [6.45, 7) is 2.70. The minimum Gasteiger partial charge on any atom is -0.397 e. The Morgan fingerprint density at radius 3 is 2.58 bits per heavy atom. The van der Waals surface area contributed by atoms with Gasteiger partial charge in [0, 0.05) is 12.8 Å². The number of rotatable bonds is 6. The van der Waals surface area contributed by atoms with Gasteiger partial charge < -0.3 is 16.4 Å². The summed E-state index contributed by atoms with van der Waals surface area (Å²) in [6, 6.07) is 4.39. The Balaban J connectivity index is 2.68. The van der Waals surface area contributed by atoms with Crippen LogP contribution >= 0.6 is 0 Å². The molecule has 7 heteroatoms. The SMILES string of the molecule is CCCNC(=O)CNc1ccc(S(C)(=O)=O)cc1N. The summed E-state index contributed by atoms with van der Waals surface area (Å²) in [4.78, 5) is 11.6. The number of carbonyl (C=O) groups excluding carboxylic acids is 1. The van der Waals surface area contributed by atoms with E-state index in [1.807, 2.05) is 6.92 Å². The van der Waals surface area contributed by atoms with Gasteiger partial charge >= 0.3 is 0 Å².